The molecule has 0 aliphatic carbocycles. The van der Waals surface area contributed by atoms with Crippen LogP contribution in [0.15, 0.2) is 6.20 Å². The average Bonchev–Trinajstić information content (AvgIpc) is 2.58. The van der Waals surface area contributed by atoms with Crippen molar-refractivity contribution in [2.75, 3.05) is 6.61 Å². The molecule has 0 unspecified atom stereocenters. The summed E-state index contributed by atoms with van der Waals surface area (Å²) in [6, 6.07) is 4.07. The van der Waals surface area contributed by atoms with Crippen LogP contribution in [-0.4, -0.2) is 16.3 Å². The minimum atomic E-state index is 0.341. The van der Waals surface area contributed by atoms with Gasteiger partial charge in [0.15, 0.2) is 0 Å². The molecule has 0 atom stereocenters. The van der Waals surface area contributed by atoms with Crippen LogP contribution in [0.4, 0.5) is 0 Å². The molecule has 15 heavy (non-hydrogen) atoms. The Hall–Kier alpha value is -2.01. The molecule has 0 aliphatic heterocycles. The van der Waals surface area contributed by atoms with Gasteiger partial charge in [-0.1, -0.05) is 0 Å². The largest absolute Gasteiger partial charge is 0.411 e. The first-order chi connectivity index (χ1) is 7.29. The summed E-state index contributed by atoms with van der Waals surface area (Å²) in [5.41, 5.74) is 0.868. The van der Waals surface area contributed by atoms with Gasteiger partial charge in [0, 0.05) is 12.8 Å². The minimum absolute atomic E-state index is 0.341. The van der Waals surface area contributed by atoms with Gasteiger partial charge < -0.3 is 4.84 Å². The second kappa shape index (κ2) is 5.66. The first kappa shape index (κ1) is 11.1. The number of nitriles is 2. The second-order valence-corrected chi connectivity index (χ2v) is 2.99. The average molecular weight is 204 g/mol. The molecule has 0 saturated carbocycles. The lowest BCUT2D eigenvalue weighted by Crippen LogP contribution is -2.16. The Morgan fingerprint density at radius 2 is 2.13 bits per heavy atom. The molecule has 1 aromatic rings. The van der Waals surface area contributed by atoms with Gasteiger partial charge in [-0.05, 0) is 6.92 Å². The predicted octanol–water partition coefficient (Wildman–Crippen LogP) is 0.990. The summed E-state index contributed by atoms with van der Waals surface area (Å²) in [6.07, 6.45) is 3.09. The number of aromatic nitrogens is 2. The molecule has 0 radical (unpaired) electrons. The lowest BCUT2D eigenvalue weighted by molar-refractivity contribution is 0.103. The van der Waals surface area contributed by atoms with E-state index in [0.717, 1.165) is 11.5 Å². The smallest absolute Gasteiger partial charge is 0.141 e. The van der Waals surface area contributed by atoms with Crippen molar-refractivity contribution in [3.05, 3.63) is 17.7 Å². The van der Waals surface area contributed by atoms with Crippen LogP contribution in [-0.2, 0) is 6.42 Å². The number of imidazole rings is 1. The highest BCUT2D eigenvalue weighted by Gasteiger charge is 2.06. The Morgan fingerprint density at radius 3 is 2.80 bits per heavy atom. The number of hydrogen-bond donors (Lipinski definition) is 0. The van der Waals surface area contributed by atoms with Gasteiger partial charge in [-0.2, -0.15) is 15.3 Å². The van der Waals surface area contributed by atoms with Crippen LogP contribution < -0.4 is 4.84 Å². The highest BCUT2D eigenvalue weighted by Crippen LogP contribution is 2.05. The maximum atomic E-state index is 8.48. The van der Waals surface area contributed by atoms with Crippen molar-refractivity contribution >= 4 is 0 Å². The van der Waals surface area contributed by atoms with Gasteiger partial charge in [-0.15, -0.1) is 0 Å². The van der Waals surface area contributed by atoms with E-state index in [9.17, 15) is 0 Å². The van der Waals surface area contributed by atoms with Gasteiger partial charge >= 0.3 is 0 Å². The van der Waals surface area contributed by atoms with Crippen molar-refractivity contribution in [3.63, 3.8) is 0 Å². The molecule has 5 nitrogen and oxygen atoms in total. The van der Waals surface area contributed by atoms with E-state index in [1.54, 1.807) is 10.9 Å². The van der Waals surface area contributed by atoms with Crippen LogP contribution in [0, 0.1) is 29.6 Å². The summed E-state index contributed by atoms with van der Waals surface area (Å²) < 4.78 is 1.59. The number of hydrogen-bond acceptors (Lipinski definition) is 4. The van der Waals surface area contributed by atoms with E-state index in [-0.39, 0.29) is 0 Å². The maximum Gasteiger partial charge on any atom is 0.141 e. The first-order valence-electron chi connectivity index (χ1n) is 4.70. The topological polar surface area (TPSA) is 74.6 Å². The fourth-order valence-corrected chi connectivity index (χ4v) is 1.19. The Bertz CT molecular complexity index is 397. The lowest BCUT2D eigenvalue weighted by atomic mass is 10.3. The lowest BCUT2D eigenvalue weighted by Gasteiger charge is -2.09. The number of nitrogens with zero attached hydrogens (tertiary/aromatic N) is 4. The van der Waals surface area contributed by atoms with E-state index in [0.29, 0.717) is 25.9 Å². The van der Waals surface area contributed by atoms with E-state index in [2.05, 4.69) is 11.1 Å². The highest BCUT2D eigenvalue weighted by molar-refractivity contribution is 5.04. The number of rotatable bonds is 5. The summed E-state index contributed by atoms with van der Waals surface area (Å²) in [4.78, 5) is 9.46. The molecule has 0 aliphatic rings. The molecule has 5 heteroatoms. The molecule has 0 amide bonds. The molecular formula is C10H12N4O. The molecule has 1 heterocycles. The van der Waals surface area contributed by atoms with E-state index in [4.69, 9.17) is 15.4 Å². The third kappa shape index (κ3) is 2.99. The van der Waals surface area contributed by atoms with Crippen molar-refractivity contribution in [1.29, 1.82) is 10.5 Å². The molecule has 0 bridgehead atoms. The molecule has 1 aromatic heterocycles. The zero-order chi connectivity index (χ0) is 11.1. The van der Waals surface area contributed by atoms with Gasteiger partial charge in [-0.25, -0.2) is 4.98 Å². The predicted molar refractivity (Wildman–Crippen MR) is 52.6 cm³/mol. The first-order valence-corrected chi connectivity index (χ1v) is 4.70. The summed E-state index contributed by atoms with van der Waals surface area (Å²) in [6.45, 7) is 2.16. The van der Waals surface area contributed by atoms with Crippen LogP contribution in [0.1, 0.15) is 24.4 Å². The fraction of sp³-hybridized carbons (Fsp3) is 0.500. The summed E-state index contributed by atoms with van der Waals surface area (Å²) >= 11 is 0. The van der Waals surface area contributed by atoms with Crippen molar-refractivity contribution < 1.29 is 4.84 Å². The maximum absolute atomic E-state index is 8.48. The Kier molecular flexibility index (Phi) is 4.18. The van der Waals surface area contributed by atoms with Crippen molar-refractivity contribution in [1.82, 2.24) is 9.71 Å². The van der Waals surface area contributed by atoms with Crippen LogP contribution in [0.25, 0.3) is 0 Å². The van der Waals surface area contributed by atoms with E-state index in [1.165, 1.54) is 0 Å². The van der Waals surface area contributed by atoms with Gasteiger partial charge in [-0.3, -0.25) is 0 Å². The molecule has 78 valence electrons. The quantitative estimate of drug-likeness (QED) is 0.670. The third-order valence-corrected chi connectivity index (χ3v) is 1.88. The van der Waals surface area contributed by atoms with Gasteiger partial charge in [0.25, 0.3) is 0 Å². The molecule has 0 saturated heterocycles. The molecule has 0 N–H and O–H groups in total. The van der Waals surface area contributed by atoms with Crippen LogP contribution in [0.2, 0.25) is 0 Å². The summed E-state index contributed by atoms with van der Waals surface area (Å²) in [5, 5.41) is 16.9. The normalized spacial score (nSPS) is 9.27. The van der Waals surface area contributed by atoms with Gasteiger partial charge in [0.2, 0.25) is 0 Å². The second-order valence-electron chi connectivity index (χ2n) is 2.99. The van der Waals surface area contributed by atoms with Crippen molar-refractivity contribution in [2.24, 2.45) is 0 Å². The zero-order valence-electron chi connectivity index (χ0n) is 8.60. The Labute approximate surface area is 88.5 Å². The van der Waals surface area contributed by atoms with Gasteiger partial charge in [0.05, 0.1) is 30.5 Å². The van der Waals surface area contributed by atoms with Crippen molar-refractivity contribution in [3.8, 4) is 12.1 Å². The molecule has 0 aromatic carbocycles. The standard InChI is InChI=1S/C10H12N4O/c1-9-13-8-10(4-2-5-11)14(9)15-7-3-6-12/h8H,2-4,7H2,1H3. The summed E-state index contributed by atoms with van der Waals surface area (Å²) in [5.74, 6) is 0.737. The molecule has 1 rings (SSSR count). The molecular weight excluding hydrogens is 192 g/mol. The SMILES string of the molecule is Cc1ncc(CCC#N)n1OCCC#N. The molecule has 0 spiro atoms. The minimum Gasteiger partial charge on any atom is -0.411 e. The Balaban J connectivity index is 2.64. The Morgan fingerprint density at radius 1 is 1.40 bits per heavy atom. The molecule has 0 fully saturated rings. The van der Waals surface area contributed by atoms with E-state index >= 15 is 0 Å². The van der Waals surface area contributed by atoms with Crippen LogP contribution in [0.5, 0.6) is 0 Å². The monoisotopic (exact) mass is 204 g/mol. The van der Waals surface area contributed by atoms with Crippen molar-refractivity contribution in [2.45, 2.75) is 26.2 Å². The summed E-state index contributed by atoms with van der Waals surface area (Å²) in [7, 11) is 0. The van der Waals surface area contributed by atoms with Crippen LogP contribution in [0.3, 0.4) is 0 Å². The fourth-order valence-electron chi connectivity index (χ4n) is 1.19. The third-order valence-electron chi connectivity index (χ3n) is 1.88. The van der Waals surface area contributed by atoms with E-state index < -0.39 is 0 Å². The highest BCUT2D eigenvalue weighted by atomic mass is 16.7. The zero-order valence-corrected chi connectivity index (χ0v) is 8.60. The van der Waals surface area contributed by atoms with Crippen LogP contribution >= 0.6 is 0 Å². The van der Waals surface area contributed by atoms with E-state index in [1.807, 2.05) is 13.0 Å². The van der Waals surface area contributed by atoms with Gasteiger partial charge in [0.1, 0.15) is 12.4 Å². The number of aryl methyl sites for hydroxylation is 2.